The summed E-state index contributed by atoms with van der Waals surface area (Å²) in [4.78, 5) is 38.8. The van der Waals surface area contributed by atoms with E-state index in [1.807, 2.05) is 73.3 Å². The minimum Gasteiger partial charge on any atom is -0.335 e. The van der Waals surface area contributed by atoms with E-state index >= 15 is 0 Å². The fourth-order valence-corrected chi connectivity index (χ4v) is 4.28. The fourth-order valence-electron chi connectivity index (χ4n) is 4.28. The zero-order chi connectivity index (χ0) is 23.7. The lowest BCUT2D eigenvalue weighted by molar-refractivity contribution is 0.0535. The Labute approximate surface area is 198 Å². The van der Waals surface area contributed by atoms with Gasteiger partial charge in [-0.05, 0) is 55.3 Å². The van der Waals surface area contributed by atoms with Crippen molar-refractivity contribution in [2.45, 2.75) is 13.8 Å². The predicted molar refractivity (Wildman–Crippen MR) is 133 cm³/mol. The zero-order valence-corrected chi connectivity index (χ0v) is 19.4. The van der Waals surface area contributed by atoms with E-state index in [2.05, 4.69) is 22.1 Å². The maximum Gasteiger partial charge on any atom is 0.254 e. The molecule has 0 radical (unpaired) electrons. The molecule has 170 valence electrons. The van der Waals surface area contributed by atoms with Gasteiger partial charge in [0, 0.05) is 37.3 Å². The summed E-state index contributed by atoms with van der Waals surface area (Å²) in [6, 6.07) is 23.3. The van der Waals surface area contributed by atoms with Gasteiger partial charge in [-0.25, -0.2) is 9.97 Å². The van der Waals surface area contributed by atoms with Gasteiger partial charge in [0.2, 0.25) is 0 Å². The quantitative estimate of drug-likeness (QED) is 0.461. The minimum absolute atomic E-state index is 0.00136. The van der Waals surface area contributed by atoms with E-state index in [-0.39, 0.29) is 11.8 Å². The molecule has 0 N–H and O–H groups in total. The highest BCUT2D eigenvalue weighted by atomic mass is 16.2. The molecule has 6 heteroatoms. The van der Waals surface area contributed by atoms with Crippen molar-refractivity contribution in [3.8, 4) is 11.1 Å². The molecule has 1 aliphatic rings. The topological polar surface area (TPSA) is 66.4 Å². The number of aromatic nitrogens is 2. The van der Waals surface area contributed by atoms with Crippen molar-refractivity contribution in [3.05, 3.63) is 95.3 Å². The summed E-state index contributed by atoms with van der Waals surface area (Å²) in [5.41, 5.74) is 6.73. The Morgan fingerprint density at radius 2 is 1.12 bits per heavy atom. The first-order valence-electron chi connectivity index (χ1n) is 11.5. The average molecular weight is 451 g/mol. The third-order valence-corrected chi connectivity index (χ3v) is 6.42. The monoisotopic (exact) mass is 450 g/mol. The van der Waals surface area contributed by atoms with E-state index < -0.39 is 0 Å². The molecule has 0 aliphatic carbocycles. The summed E-state index contributed by atoms with van der Waals surface area (Å²) in [5.74, 6) is -0.0419. The second-order valence-electron chi connectivity index (χ2n) is 8.63. The Kier molecular flexibility index (Phi) is 5.80. The number of benzene rings is 3. The van der Waals surface area contributed by atoms with Crippen LogP contribution in [0.5, 0.6) is 0 Å². The summed E-state index contributed by atoms with van der Waals surface area (Å²) in [6.45, 7) is 5.88. The van der Waals surface area contributed by atoms with E-state index in [9.17, 15) is 9.59 Å². The average Bonchev–Trinajstić information content (AvgIpc) is 2.89. The van der Waals surface area contributed by atoms with Crippen molar-refractivity contribution < 1.29 is 9.59 Å². The van der Waals surface area contributed by atoms with Gasteiger partial charge in [0.1, 0.15) is 0 Å². The Morgan fingerprint density at radius 1 is 0.618 bits per heavy atom. The maximum absolute atomic E-state index is 13.1. The third kappa shape index (κ3) is 4.27. The molecular weight excluding hydrogens is 424 g/mol. The number of amides is 2. The van der Waals surface area contributed by atoms with Crippen LogP contribution < -0.4 is 0 Å². The summed E-state index contributed by atoms with van der Waals surface area (Å²) in [5, 5.41) is 0. The first-order chi connectivity index (χ1) is 16.5. The first-order valence-corrected chi connectivity index (χ1v) is 11.5. The van der Waals surface area contributed by atoms with Crippen LogP contribution in [-0.2, 0) is 0 Å². The second-order valence-corrected chi connectivity index (χ2v) is 8.63. The molecule has 34 heavy (non-hydrogen) atoms. The highest BCUT2D eigenvalue weighted by Crippen LogP contribution is 2.21. The normalized spacial score (nSPS) is 13.8. The summed E-state index contributed by atoms with van der Waals surface area (Å²) < 4.78 is 0. The molecule has 0 atom stereocenters. The van der Waals surface area contributed by atoms with Crippen LogP contribution in [0.25, 0.3) is 22.2 Å². The lowest BCUT2D eigenvalue weighted by atomic mass is 10.0. The standard InChI is InChI=1S/C28H26N4O2/c1-19-20(2)30-26-18-24(12-13-25(26)29-19)28(34)32-16-14-31(15-17-32)27(33)23-10-8-22(9-11-23)21-6-4-3-5-7-21/h3-13,18H,14-17H2,1-2H3. The Bertz CT molecular complexity index is 1360. The molecule has 0 saturated carbocycles. The van der Waals surface area contributed by atoms with Gasteiger partial charge in [-0.15, -0.1) is 0 Å². The molecular formula is C28H26N4O2. The number of carbonyl (C=O) groups excluding carboxylic acids is 2. The van der Waals surface area contributed by atoms with E-state index in [0.29, 0.717) is 37.3 Å². The van der Waals surface area contributed by atoms with E-state index in [4.69, 9.17) is 0 Å². The molecule has 5 rings (SSSR count). The molecule has 1 aromatic heterocycles. The molecule has 0 spiro atoms. The van der Waals surface area contributed by atoms with Crippen LogP contribution in [-0.4, -0.2) is 57.8 Å². The molecule has 3 aromatic carbocycles. The van der Waals surface area contributed by atoms with Gasteiger partial charge in [0.05, 0.1) is 22.4 Å². The Hall–Kier alpha value is -4.06. The van der Waals surface area contributed by atoms with Gasteiger partial charge < -0.3 is 9.80 Å². The highest BCUT2D eigenvalue weighted by Gasteiger charge is 2.26. The Morgan fingerprint density at radius 3 is 1.74 bits per heavy atom. The van der Waals surface area contributed by atoms with Crippen molar-refractivity contribution in [1.82, 2.24) is 19.8 Å². The van der Waals surface area contributed by atoms with Crippen LogP contribution in [0, 0.1) is 13.8 Å². The van der Waals surface area contributed by atoms with E-state index in [1.165, 1.54) is 0 Å². The highest BCUT2D eigenvalue weighted by molar-refractivity contribution is 5.98. The number of piperazine rings is 1. The van der Waals surface area contributed by atoms with E-state index in [1.54, 1.807) is 11.0 Å². The second kappa shape index (κ2) is 9.06. The molecule has 1 fully saturated rings. The van der Waals surface area contributed by atoms with Gasteiger partial charge in [0.25, 0.3) is 11.8 Å². The van der Waals surface area contributed by atoms with Crippen LogP contribution in [0.2, 0.25) is 0 Å². The van der Waals surface area contributed by atoms with E-state index in [0.717, 1.165) is 33.5 Å². The predicted octanol–water partition coefficient (Wildman–Crippen LogP) is 4.51. The van der Waals surface area contributed by atoms with Crippen LogP contribution in [0.15, 0.2) is 72.8 Å². The SMILES string of the molecule is Cc1nc2ccc(C(=O)N3CCN(C(=O)c4ccc(-c5ccccc5)cc4)CC3)cc2nc1C. The van der Waals surface area contributed by atoms with Crippen molar-refractivity contribution in [1.29, 1.82) is 0 Å². The molecule has 6 nitrogen and oxygen atoms in total. The number of hydrogen-bond acceptors (Lipinski definition) is 4. The number of aryl methyl sites for hydroxylation is 2. The van der Waals surface area contributed by atoms with Gasteiger partial charge in [-0.1, -0.05) is 42.5 Å². The van der Waals surface area contributed by atoms with Crippen LogP contribution in [0.1, 0.15) is 32.1 Å². The van der Waals surface area contributed by atoms with Gasteiger partial charge in [0.15, 0.2) is 0 Å². The van der Waals surface area contributed by atoms with Crippen molar-refractivity contribution in [2.75, 3.05) is 26.2 Å². The largest absolute Gasteiger partial charge is 0.335 e. The van der Waals surface area contributed by atoms with Crippen molar-refractivity contribution in [3.63, 3.8) is 0 Å². The number of carbonyl (C=O) groups is 2. The van der Waals surface area contributed by atoms with Crippen LogP contribution in [0.4, 0.5) is 0 Å². The molecule has 1 saturated heterocycles. The lowest BCUT2D eigenvalue weighted by Gasteiger charge is -2.35. The molecule has 0 unspecified atom stereocenters. The molecule has 4 aromatic rings. The number of hydrogen-bond donors (Lipinski definition) is 0. The van der Waals surface area contributed by atoms with Crippen molar-refractivity contribution >= 4 is 22.8 Å². The van der Waals surface area contributed by atoms with Crippen LogP contribution >= 0.6 is 0 Å². The summed E-state index contributed by atoms with van der Waals surface area (Å²) in [7, 11) is 0. The maximum atomic E-state index is 13.1. The summed E-state index contributed by atoms with van der Waals surface area (Å²) in [6.07, 6.45) is 0. The van der Waals surface area contributed by atoms with Crippen molar-refractivity contribution in [2.24, 2.45) is 0 Å². The molecule has 2 heterocycles. The minimum atomic E-state index is -0.0405. The first kappa shape index (κ1) is 21.8. The third-order valence-electron chi connectivity index (χ3n) is 6.42. The lowest BCUT2D eigenvalue weighted by Crippen LogP contribution is -2.50. The fraction of sp³-hybridized carbons (Fsp3) is 0.214. The number of fused-ring (bicyclic) bond motifs is 1. The van der Waals surface area contributed by atoms with Gasteiger partial charge >= 0.3 is 0 Å². The molecule has 0 bridgehead atoms. The number of rotatable bonds is 3. The summed E-state index contributed by atoms with van der Waals surface area (Å²) >= 11 is 0. The van der Waals surface area contributed by atoms with Gasteiger partial charge in [-0.2, -0.15) is 0 Å². The number of nitrogens with zero attached hydrogens (tertiary/aromatic N) is 4. The zero-order valence-electron chi connectivity index (χ0n) is 19.4. The van der Waals surface area contributed by atoms with Crippen LogP contribution in [0.3, 0.4) is 0 Å². The van der Waals surface area contributed by atoms with Gasteiger partial charge in [-0.3, -0.25) is 9.59 Å². The molecule has 2 amide bonds. The Balaban J connectivity index is 1.23. The molecule has 1 aliphatic heterocycles. The smallest absolute Gasteiger partial charge is 0.254 e.